The minimum atomic E-state index is -0.739. The van der Waals surface area contributed by atoms with Gasteiger partial charge in [-0.1, -0.05) is 23.7 Å². The van der Waals surface area contributed by atoms with Crippen LogP contribution in [0, 0.1) is 18.7 Å². The smallest absolute Gasteiger partial charge is 0.410 e. The number of carbonyl (C=O) groups excluding carboxylic acids is 1. The molecular formula is C23H26ClF2N3O3. The summed E-state index contributed by atoms with van der Waals surface area (Å²) in [5.74, 6) is -1.09. The van der Waals surface area contributed by atoms with Crippen molar-refractivity contribution in [2.45, 2.75) is 45.9 Å². The highest BCUT2D eigenvalue weighted by molar-refractivity contribution is 6.34. The van der Waals surface area contributed by atoms with Crippen molar-refractivity contribution >= 4 is 17.7 Å². The number of hydrogen-bond acceptors (Lipinski definition) is 5. The Hall–Kier alpha value is -2.45. The molecule has 2 aliphatic heterocycles. The van der Waals surface area contributed by atoms with Crippen LogP contribution in [-0.2, 0) is 11.3 Å². The van der Waals surface area contributed by atoms with Gasteiger partial charge >= 0.3 is 6.09 Å². The fourth-order valence-corrected chi connectivity index (χ4v) is 4.37. The SMILES string of the molecule is Cc1cccc(F)c1-c1nc(F)c2c(c1Cl)OC[C@H]1CN(C(=O)OC(C)(C)C)CCN1C2. The molecule has 0 unspecified atom stereocenters. The van der Waals surface area contributed by atoms with Crippen LogP contribution in [0.5, 0.6) is 5.75 Å². The molecule has 1 saturated heterocycles. The fourth-order valence-electron chi connectivity index (χ4n) is 4.07. The number of benzene rings is 1. The van der Waals surface area contributed by atoms with Crippen LogP contribution in [0.4, 0.5) is 13.6 Å². The quantitative estimate of drug-likeness (QED) is 0.566. The second kappa shape index (κ2) is 8.48. The topological polar surface area (TPSA) is 54.9 Å². The second-order valence-electron chi connectivity index (χ2n) is 9.17. The zero-order chi connectivity index (χ0) is 23.2. The highest BCUT2D eigenvalue weighted by atomic mass is 35.5. The Morgan fingerprint density at radius 1 is 1.28 bits per heavy atom. The van der Waals surface area contributed by atoms with E-state index in [-0.39, 0.29) is 52.9 Å². The maximum atomic E-state index is 15.1. The first-order valence-electron chi connectivity index (χ1n) is 10.5. The van der Waals surface area contributed by atoms with E-state index in [0.717, 1.165) is 0 Å². The van der Waals surface area contributed by atoms with Crippen molar-refractivity contribution in [1.29, 1.82) is 0 Å². The van der Waals surface area contributed by atoms with Crippen LogP contribution in [0.15, 0.2) is 18.2 Å². The van der Waals surface area contributed by atoms with Crippen LogP contribution in [0.25, 0.3) is 11.3 Å². The number of aromatic nitrogens is 1. The molecule has 0 N–H and O–H groups in total. The van der Waals surface area contributed by atoms with E-state index in [4.69, 9.17) is 21.1 Å². The monoisotopic (exact) mass is 465 g/mol. The van der Waals surface area contributed by atoms with E-state index in [1.807, 2.05) is 25.7 Å². The molecule has 1 fully saturated rings. The van der Waals surface area contributed by atoms with Gasteiger partial charge in [-0.15, -0.1) is 0 Å². The molecule has 9 heteroatoms. The predicted molar refractivity (Wildman–Crippen MR) is 117 cm³/mol. The van der Waals surface area contributed by atoms with Gasteiger partial charge in [0.1, 0.15) is 28.8 Å². The number of halogens is 3. The molecule has 1 atom stereocenters. The van der Waals surface area contributed by atoms with Crippen LogP contribution in [0.2, 0.25) is 5.02 Å². The number of carbonyl (C=O) groups is 1. The summed E-state index contributed by atoms with van der Waals surface area (Å²) >= 11 is 6.57. The van der Waals surface area contributed by atoms with Gasteiger partial charge in [0.25, 0.3) is 0 Å². The van der Waals surface area contributed by atoms with E-state index in [2.05, 4.69) is 4.98 Å². The van der Waals surface area contributed by atoms with Crippen molar-refractivity contribution in [2.24, 2.45) is 0 Å². The first-order chi connectivity index (χ1) is 15.0. The van der Waals surface area contributed by atoms with E-state index in [0.29, 0.717) is 25.2 Å². The standard InChI is InChI=1S/C23H26ClF2N3O3/c1-13-6-5-7-16(25)17(13)19-18(24)20-15(21(26)27-19)11-28-8-9-29(10-14(28)12-31-20)22(30)32-23(2,3)4/h5-7,14H,8-12H2,1-4H3/t14-/m1/s1. The van der Waals surface area contributed by atoms with Gasteiger partial charge in [0.05, 0.1) is 17.3 Å². The number of aryl methyl sites for hydroxylation is 1. The largest absolute Gasteiger partial charge is 0.490 e. The summed E-state index contributed by atoms with van der Waals surface area (Å²) in [6, 6.07) is 4.41. The van der Waals surface area contributed by atoms with E-state index in [1.54, 1.807) is 24.0 Å². The Bertz CT molecular complexity index is 1040. The maximum Gasteiger partial charge on any atom is 0.410 e. The van der Waals surface area contributed by atoms with Gasteiger partial charge in [-0.3, -0.25) is 4.90 Å². The van der Waals surface area contributed by atoms with Crippen molar-refractivity contribution in [3.63, 3.8) is 0 Å². The Morgan fingerprint density at radius 2 is 2.03 bits per heavy atom. The molecule has 0 saturated carbocycles. The first-order valence-corrected chi connectivity index (χ1v) is 10.9. The van der Waals surface area contributed by atoms with Crippen LogP contribution < -0.4 is 4.74 Å². The molecule has 2 aliphatic rings. The molecule has 0 radical (unpaired) electrons. The van der Waals surface area contributed by atoms with E-state index >= 15 is 4.39 Å². The van der Waals surface area contributed by atoms with E-state index in [1.165, 1.54) is 6.07 Å². The number of pyridine rings is 1. The van der Waals surface area contributed by atoms with Crippen LogP contribution in [0.1, 0.15) is 31.9 Å². The molecule has 4 rings (SSSR count). The summed E-state index contributed by atoms with van der Waals surface area (Å²) in [6.45, 7) is 8.97. The number of hydrogen-bond donors (Lipinski definition) is 0. The summed E-state index contributed by atoms with van der Waals surface area (Å²) < 4.78 is 41.0. The lowest BCUT2D eigenvalue weighted by atomic mass is 10.0. The number of ether oxygens (including phenoxy) is 2. The highest BCUT2D eigenvalue weighted by Crippen LogP contribution is 2.41. The van der Waals surface area contributed by atoms with Crippen molar-refractivity contribution in [2.75, 3.05) is 26.2 Å². The highest BCUT2D eigenvalue weighted by Gasteiger charge is 2.36. The minimum absolute atomic E-state index is 0.0220. The molecule has 0 aliphatic carbocycles. The van der Waals surface area contributed by atoms with Crippen LogP contribution in [0.3, 0.4) is 0 Å². The third kappa shape index (κ3) is 4.38. The summed E-state index contributed by atoms with van der Waals surface area (Å²) in [7, 11) is 0. The maximum absolute atomic E-state index is 15.1. The third-order valence-corrected chi connectivity index (χ3v) is 5.99. The van der Waals surface area contributed by atoms with Gasteiger partial charge in [0.15, 0.2) is 0 Å². The van der Waals surface area contributed by atoms with Gasteiger partial charge < -0.3 is 14.4 Å². The molecule has 3 heterocycles. The molecule has 1 aromatic carbocycles. The molecule has 1 aromatic heterocycles. The molecule has 0 spiro atoms. The fraction of sp³-hybridized carbons (Fsp3) is 0.478. The van der Waals surface area contributed by atoms with E-state index < -0.39 is 17.4 Å². The average Bonchev–Trinajstić information content (AvgIpc) is 2.90. The normalized spacial score (nSPS) is 19.0. The Morgan fingerprint density at radius 3 is 2.72 bits per heavy atom. The third-order valence-electron chi connectivity index (χ3n) is 5.64. The predicted octanol–water partition coefficient (Wildman–Crippen LogP) is 4.80. The molecule has 6 nitrogen and oxygen atoms in total. The summed E-state index contributed by atoms with van der Waals surface area (Å²) in [5.41, 5.74) is 0.418. The lowest BCUT2D eigenvalue weighted by Gasteiger charge is -2.40. The van der Waals surface area contributed by atoms with E-state index in [9.17, 15) is 9.18 Å². The van der Waals surface area contributed by atoms with Gasteiger partial charge in [0.2, 0.25) is 5.95 Å². The summed E-state index contributed by atoms with van der Waals surface area (Å²) in [5, 5.41) is 0.0819. The van der Waals surface area contributed by atoms with Gasteiger partial charge in [-0.2, -0.15) is 4.39 Å². The summed E-state index contributed by atoms with van der Waals surface area (Å²) in [6.07, 6.45) is -0.387. The second-order valence-corrected chi connectivity index (χ2v) is 9.54. The molecule has 32 heavy (non-hydrogen) atoms. The molecule has 2 aromatic rings. The number of piperazine rings is 1. The Kier molecular flexibility index (Phi) is 6.02. The zero-order valence-corrected chi connectivity index (χ0v) is 19.3. The van der Waals surface area contributed by atoms with Crippen molar-refractivity contribution < 1.29 is 23.0 Å². The van der Waals surface area contributed by atoms with Gasteiger partial charge in [-0.05, 0) is 39.3 Å². The zero-order valence-electron chi connectivity index (χ0n) is 18.5. The van der Waals surface area contributed by atoms with Crippen molar-refractivity contribution in [3.8, 4) is 17.0 Å². The molecular weight excluding hydrogens is 440 g/mol. The number of fused-ring (bicyclic) bond motifs is 2. The van der Waals surface area contributed by atoms with Crippen LogP contribution in [-0.4, -0.2) is 58.8 Å². The minimum Gasteiger partial charge on any atom is -0.490 e. The van der Waals surface area contributed by atoms with Crippen molar-refractivity contribution in [3.05, 3.63) is 46.1 Å². The lowest BCUT2D eigenvalue weighted by Crippen LogP contribution is -2.56. The number of rotatable bonds is 1. The average molecular weight is 466 g/mol. The lowest BCUT2D eigenvalue weighted by molar-refractivity contribution is -0.00165. The molecule has 0 bridgehead atoms. The number of amides is 1. The van der Waals surface area contributed by atoms with Gasteiger partial charge in [0, 0.05) is 31.7 Å². The number of nitrogens with zero attached hydrogens (tertiary/aromatic N) is 3. The van der Waals surface area contributed by atoms with Gasteiger partial charge in [-0.25, -0.2) is 14.2 Å². The Balaban J connectivity index is 1.62. The summed E-state index contributed by atoms with van der Waals surface area (Å²) in [4.78, 5) is 20.2. The van der Waals surface area contributed by atoms with Crippen molar-refractivity contribution in [1.82, 2.24) is 14.8 Å². The first kappa shape index (κ1) is 22.7. The molecule has 172 valence electrons. The van der Waals surface area contributed by atoms with Crippen LogP contribution >= 0.6 is 11.6 Å². The Labute approximate surface area is 191 Å². The molecule has 1 amide bonds.